The van der Waals surface area contributed by atoms with E-state index in [2.05, 4.69) is 11.5 Å². The molecule has 0 fully saturated rings. The fraction of sp³-hybridized carbons (Fsp3) is 0.357. The predicted molar refractivity (Wildman–Crippen MR) is 68.7 cm³/mol. The van der Waals surface area contributed by atoms with Crippen molar-refractivity contribution in [3.05, 3.63) is 35.0 Å². The number of nitrogens with zero attached hydrogens (tertiary/aromatic N) is 1. The molecule has 0 radical (unpaired) electrons. The van der Waals surface area contributed by atoms with Crippen molar-refractivity contribution < 1.29 is 9.90 Å². The van der Waals surface area contributed by atoms with E-state index in [1.165, 1.54) is 0 Å². The first-order valence-electron chi connectivity index (χ1n) is 5.88. The van der Waals surface area contributed by atoms with E-state index in [-0.39, 0.29) is 0 Å². The molecule has 0 spiro atoms. The maximum Gasteiger partial charge on any atom is 0.335 e. The Morgan fingerprint density at radius 1 is 1.41 bits per heavy atom. The van der Waals surface area contributed by atoms with Crippen LogP contribution in [-0.4, -0.2) is 15.6 Å². The molecule has 1 aromatic carbocycles. The van der Waals surface area contributed by atoms with Crippen LogP contribution in [0.3, 0.4) is 0 Å². The topological polar surface area (TPSA) is 42.2 Å². The van der Waals surface area contributed by atoms with E-state index in [0.29, 0.717) is 5.56 Å². The van der Waals surface area contributed by atoms with Gasteiger partial charge in [0.15, 0.2) is 0 Å². The summed E-state index contributed by atoms with van der Waals surface area (Å²) in [6.07, 6.45) is 3.11. The van der Waals surface area contributed by atoms with Gasteiger partial charge in [-0.25, -0.2) is 4.79 Å². The van der Waals surface area contributed by atoms with Gasteiger partial charge < -0.3 is 9.67 Å². The second kappa shape index (κ2) is 4.24. The molecule has 1 N–H and O–H groups in total. The van der Waals surface area contributed by atoms with E-state index in [9.17, 15) is 4.79 Å². The molecule has 90 valence electrons. The number of aromatic carboxylic acids is 1. The normalized spacial score (nSPS) is 11.0. The fourth-order valence-electron chi connectivity index (χ4n) is 2.40. The van der Waals surface area contributed by atoms with Crippen molar-refractivity contribution in [2.45, 2.75) is 33.7 Å². The minimum absolute atomic E-state index is 0.407. The number of carboxylic acid groups (broad SMARTS) is 1. The van der Waals surface area contributed by atoms with Crippen molar-refractivity contribution in [3.8, 4) is 0 Å². The quantitative estimate of drug-likeness (QED) is 0.880. The third-order valence-electron chi connectivity index (χ3n) is 3.20. The lowest BCUT2D eigenvalue weighted by Gasteiger charge is -2.09. The lowest BCUT2D eigenvalue weighted by Crippen LogP contribution is -2.03. The second-order valence-electron chi connectivity index (χ2n) is 4.44. The maximum absolute atomic E-state index is 11.1. The lowest BCUT2D eigenvalue weighted by atomic mass is 10.0. The van der Waals surface area contributed by atoms with E-state index in [1.807, 2.05) is 26.1 Å². The molecule has 0 bridgehead atoms. The standard InChI is InChI=1S/C14H17NO2/c1-4-6-15-7-5-11-10(3)12(14(16)17)8-9(2)13(11)15/h5,7-8H,4,6H2,1-3H3,(H,16,17). The van der Waals surface area contributed by atoms with Crippen LogP contribution in [-0.2, 0) is 6.54 Å². The summed E-state index contributed by atoms with van der Waals surface area (Å²) >= 11 is 0. The number of hydrogen-bond donors (Lipinski definition) is 1. The summed E-state index contributed by atoms with van der Waals surface area (Å²) in [4.78, 5) is 11.1. The first-order chi connectivity index (χ1) is 8.06. The molecule has 2 rings (SSSR count). The second-order valence-corrected chi connectivity index (χ2v) is 4.44. The number of aromatic nitrogens is 1. The Morgan fingerprint density at radius 3 is 2.71 bits per heavy atom. The summed E-state index contributed by atoms with van der Waals surface area (Å²) in [6, 6.07) is 3.78. The van der Waals surface area contributed by atoms with Gasteiger partial charge in [0.05, 0.1) is 11.1 Å². The van der Waals surface area contributed by atoms with Gasteiger partial charge in [0.1, 0.15) is 0 Å². The van der Waals surface area contributed by atoms with E-state index in [0.717, 1.165) is 35.0 Å². The van der Waals surface area contributed by atoms with Crippen molar-refractivity contribution in [2.75, 3.05) is 0 Å². The van der Waals surface area contributed by atoms with Gasteiger partial charge in [-0.1, -0.05) is 6.92 Å². The van der Waals surface area contributed by atoms with Gasteiger partial charge in [-0.3, -0.25) is 0 Å². The summed E-state index contributed by atoms with van der Waals surface area (Å²) < 4.78 is 2.20. The number of carboxylic acids is 1. The summed E-state index contributed by atoms with van der Waals surface area (Å²) in [5.74, 6) is -0.851. The molecule has 0 saturated heterocycles. The zero-order chi connectivity index (χ0) is 12.6. The van der Waals surface area contributed by atoms with E-state index >= 15 is 0 Å². The van der Waals surface area contributed by atoms with Gasteiger partial charge in [0.2, 0.25) is 0 Å². The number of fused-ring (bicyclic) bond motifs is 1. The Morgan fingerprint density at radius 2 is 2.12 bits per heavy atom. The predicted octanol–water partition coefficient (Wildman–Crippen LogP) is 3.37. The molecular formula is C14H17NO2. The number of carbonyl (C=O) groups is 1. The molecule has 0 unspecified atom stereocenters. The minimum atomic E-state index is -0.851. The van der Waals surface area contributed by atoms with Gasteiger partial charge in [0, 0.05) is 18.1 Å². The molecule has 0 saturated carbocycles. The Hall–Kier alpha value is -1.77. The van der Waals surface area contributed by atoms with Crippen molar-refractivity contribution in [1.82, 2.24) is 4.57 Å². The van der Waals surface area contributed by atoms with Gasteiger partial charge in [-0.05, 0) is 43.5 Å². The van der Waals surface area contributed by atoms with E-state index < -0.39 is 5.97 Å². The molecule has 1 aromatic heterocycles. The highest BCUT2D eigenvalue weighted by Gasteiger charge is 2.14. The highest BCUT2D eigenvalue weighted by molar-refractivity contribution is 5.98. The summed E-state index contributed by atoms with van der Waals surface area (Å²) in [5.41, 5.74) is 3.45. The Bertz CT molecular complexity index is 581. The molecule has 3 nitrogen and oxygen atoms in total. The maximum atomic E-state index is 11.1. The largest absolute Gasteiger partial charge is 0.478 e. The minimum Gasteiger partial charge on any atom is -0.478 e. The summed E-state index contributed by atoms with van der Waals surface area (Å²) in [5, 5.41) is 10.2. The summed E-state index contributed by atoms with van der Waals surface area (Å²) in [6.45, 7) is 6.96. The van der Waals surface area contributed by atoms with Gasteiger partial charge >= 0.3 is 5.97 Å². The van der Waals surface area contributed by atoms with Crippen LogP contribution >= 0.6 is 0 Å². The van der Waals surface area contributed by atoms with Crippen LogP contribution in [0, 0.1) is 13.8 Å². The van der Waals surface area contributed by atoms with Crippen molar-refractivity contribution in [2.24, 2.45) is 0 Å². The van der Waals surface area contributed by atoms with Gasteiger partial charge in [-0.2, -0.15) is 0 Å². The molecule has 0 aliphatic rings. The Kier molecular flexibility index (Phi) is 2.92. The van der Waals surface area contributed by atoms with Gasteiger partial charge in [-0.15, -0.1) is 0 Å². The first-order valence-corrected chi connectivity index (χ1v) is 5.88. The average Bonchev–Trinajstić information content (AvgIpc) is 2.68. The molecule has 0 atom stereocenters. The van der Waals surface area contributed by atoms with Gasteiger partial charge in [0.25, 0.3) is 0 Å². The molecule has 0 amide bonds. The number of hydrogen-bond acceptors (Lipinski definition) is 1. The van der Waals surface area contributed by atoms with Crippen molar-refractivity contribution in [1.29, 1.82) is 0 Å². The van der Waals surface area contributed by atoms with Crippen LogP contribution in [0.25, 0.3) is 10.9 Å². The molecule has 3 heteroatoms. The van der Waals surface area contributed by atoms with Crippen LogP contribution in [0.15, 0.2) is 18.3 Å². The molecule has 2 aromatic rings. The van der Waals surface area contributed by atoms with Crippen LogP contribution in [0.4, 0.5) is 0 Å². The van der Waals surface area contributed by atoms with Crippen molar-refractivity contribution in [3.63, 3.8) is 0 Å². The van der Waals surface area contributed by atoms with Crippen LogP contribution in [0.1, 0.15) is 34.8 Å². The zero-order valence-corrected chi connectivity index (χ0v) is 10.4. The smallest absolute Gasteiger partial charge is 0.335 e. The first kappa shape index (κ1) is 11.7. The SMILES string of the molecule is CCCn1ccc2c(C)c(C(=O)O)cc(C)c21. The molecule has 0 aliphatic heterocycles. The average molecular weight is 231 g/mol. The fourth-order valence-corrected chi connectivity index (χ4v) is 2.40. The Labute approximate surface area is 101 Å². The van der Waals surface area contributed by atoms with Crippen LogP contribution in [0.2, 0.25) is 0 Å². The zero-order valence-electron chi connectivity index (χ0n) is 10.4. The lowest BCUT2D eigenvalue weighted by molar-refractivity contribution is 0.0696. The third kappa shape index (κ3) is 1.82. The summed E-state index contributed by atoms with van der Waals surface area (Å²) in [7, 11) is 0. The monoisotopic (exact) mass is 231 g/mol. The highest BCUT2D eigenvalue weighted by Crippen LogP contribution is 2.27. The number of aryl methyl sites for hydroxylation is 3. The van der Waals surface area contributed by atoms with E-state index in [4.69, 9.17) is 5.11 Å². The van der Waals surface area contributed by atoms with Crippen LogP contribution < -0.4 is 0 Å². The molecule has 0 aliphatic carbocycles. The molecule has 17 heavy (non-hydrogen) atoms. The highest BCUT2D eigenvalue weighted by atomic mass is 16.4. The van der Waals surface area contributed by atoms with Crippen LogP contribution in [0.5, 0.6) is 0 Å². The number of rotatable bonds is 3. The van der Waals surface area contributed by atoms with Crippen molar-refractivity contribution >= 4 is 16.9 Å². The number of benzene rings is 1. The van der Waals surface area contributed by atoms with E-state index in [1.54, 1.807) is 6.07 Å². The molecular weight excluding hydrogens is 214 g/mol. The third-order valence-corrected chi connectivity index (χ3v) is 3.20. The Balaban J connectivity index is 2.75. The molecule has 1 heterocycles.